The van der Waals surface area contributed by atoms with Crippen LogP contribution in [0.15, 0.2) is 36.5 Å². The van der Waals surface area contributed by atoms with Gasteiger partial charge in [-0.1, -0.05) is 19.9 Å². The van der Waals surface area contributed by atoms with Crippen LogP contribution in [-0.2, 0) is 0 Å². The number of nitrogens with one attached hydrogen (secondary N) is 1. The van der Waals surface area contributed by atoms with Crippen LogP contribution < -0.4 is 10.2 Å². The highest BCUT2D eigenvalue weighted by Gasteiger charge is 2.15. The van der Waals surface area contributed by atoms with Crippen molar-refractivity contribution in [3.8, 4) is 11.4 Å². The molecule has 0 amide bonds. The summed E-state index contributed by atoms with van der Waals surface area (Å²) in [5, 5.41) is 8.73. The molecule has 5 rings (SSSR count). The third-order valence-electron chi connectivity index (χ3n) is 5.21. The highest BCUT2D eigenvalue weighted by Crippen LogP contribution is 2.27. The van der Waals surface area contributed by atoms with Gasteiger partial charge in [-0.05, 0) is 43.7 Å². The van der Waals surface area contributed by atoms with Gasteiger partial charge in [0.1, 0.15) is 11.2 Å². The molecule has 0 unspecified atom stereocenters. The molecule has 30 heavy (non-hydrogen) atoms. The van der Waals surface area contributed by atoms with Crippen LogP contribution in [0.25, 0.3) is 27.9 Å². The zero-order valence-electron chi connectivity index (χ0n) is 17.9. The van der Waals surface area contributed by atoms with Crippen LogP contribution >= 0.6 is 0 Å². The van der Waals surface area contributed by atoms with Gasteiger partial charge in [0.05, 0.1) is 17.6 Å². The minimum atomic E-state index is -0.302. The fourth-order valence-corrected chi connectivity index (χ4v) is 3.80. The van der Waals surface area contributed by atoms with Gasteiger partial charge in [-0.15, -0.1) is 0 Å². The van der Waals surface area contributed by atoms with Crippen LogP contribution in [0, 0.1) is 19.7 Å². The number of piperazine rings is 1. The fraction of sp³-hybridized carbons (Fsp3) is 0.348. The van der Waals surface area contributed by atoms with Crippen molar-refractivity contribution < 1.29 is 4.39 Å². The van der Waals surface area contributed by atoms with Gasteiger partial charge in [0, 0.05) is 37.3 Å². The molecule has 1 N–H and O–H groups in total. The number of aromatic nitrogens is 4. The van der Waals surface area contributed by atoms with Crippen molar-refractivity contribution in [3.05, 3.63) is 53.6 Å². The summed E-state index contributed by atoms with van der Waals surface area (Å²) in [4.78, 5) is 11.3. The first-order valence-corrected chi connectivity index (χ1v) is 10.5. The molecule has 0 bridgehead atoms. The summed E-state index contributed by atoms with van der Waals surface area (Å²) in [6, 6.07) is 9.38. The lowest BCUT2D eigenvalue weighted by Gasteiger charge is -2.29. The average molecular weight is 407 g/mol. The van der Waals surface area contributed by atoms with E-state index in [-0.39, 0.29) is 5.82 Å². The lowest BCUT2D eigenvalue weighted by atomic mass is 10.1. The zero-order chi connectivity index (χ0) is 21.3. The normalized spacial score (nSPS) is 14.1. The molecule has 0 radical (unpaired) electrons. The predicted octanol–water partition coefficient (Wildman–Crippen LogP) is 4.14. The molecule has 1 aliphatic rings. The molecule has 7 heteroatoms. The zero-order valence-corrected chi connectivity index (χ0v) is 17.9. The van der Waals surface area contributed by atoms with Gasteiger partial charge in [0.15, 0.2) is 11.5 Å². The summed E-state index contributed by atoms with van der Waals surface area (Å²) in [5.74, 6) is -0.302. The third-order valence-corrected chi connectivity index (χ3v) is 5.21. The average Bonchev–Trinajstić information content (AvgIpc) is 3.16. The van der Waals surface area contributed by atoms with Crippen LogP contribution in [0.4, 0.5) is 10.1 Å². The van der Waals surface area contributed by atoms with Crippen molar-refractivity contribution in [1.82, 2.24) is 24.9 Å². The van der Waals surface area contributed by atoms with Gasteiger partial charge in [-0.25, -0.2) is 18.9 Å². The molecule has 1 saturated heterocycles. The molecule has 6 nitrogen and oxygen atoms in total. The van der Waals surface area contributed by atoms with Gasteiger partial charge in [-0.2, -0.15) is 5.10 Å². The number of benzene rings is 1. The molecule has 0 atom stereocenters. The molecule has 1 fully saturated rings. The number of hydrogen-bond acceptors (Lipinski definition) is 5. The number of nitrogens with zero attached hydrogens (tertiary/aromatic N) is 5. The smallest absolute Gasteiger partial charge is 0.156 e. The molecular formula is C23H27FN6. The number of rotatable bonds is 2. The molecule has 1 aliphatic heterocycles. The van der Waals surface area contributed by atoms with Crippen molar-refractivity contribution in [1.29, 1.82) is 0 Å². The van der Waals surface area contributed by atoms with Crippen molar-refractivity contribution in [2.45, 2.75) is 27.7 Å². The van der Waals surface area contributed by atoms with Crippen molar-refractivity contribution in [2.24, 2.45) is 0 Å². The lowest BCUT2D eigenvalue weighted by molar-refractivity contribution is 0.586. The van der Waals surface area contributed by atoms with E-state index in [1.807, 2.05) is 58.2 Å². The SMILES string of the molecule is CC.Cc1cn2nc(-c3ccc4cc(N5CCNCC5)cc(F)c4n3)cc(C)c2n1. The highest BCUT2D eigenvalue weighted by molar-refractivity contribution is 5.85. The van der Waals surface area contributed by atoms with Crippen LogP contribution in [0.3, 0.4) is 0 Å². The van der Waals surface area contributed by atoms with E-state index >= 15 is 0 Å². The summed E-state index contributed by atoms with van der Waals surface area (Å²) < 4.78 is 16.7. The summed E-state index contributed by atoms with van der Waals surface area (Å²) in [7, 11) is 0. The Morgan fingerprint density at radius 2 is 1.73 bits per heavy atom. The first kappa shape index (κ1) is 20.2. The minimum Gasteiger partial charge on any atom is -0.369 e. The van der Waals surface area contributed by atoms with Gasteiger partial charge >= 0.3 is 0 Å². The third kappa shape index (κ3) is 3.73. The molecular weight excluding hydrogens is 379 g/mol. The van der Waals surface area contributed by atoms with Gasteiger partial charge in [-0.3, -0.25) is 0 Å². The maximum Gasteiger partial charge on any atom is 0.156 e. The Morgan fingerprint density at radius 1 is 0.967 bits per heavy atom. The first-order valence-electron chi connectivity index (χ1n) is 10.5. The van der Waals surface area contributed by atoms with Crippen molar-refractivity contribution in [2.75, 3.05) is 31.1 Å². The van der Waals surface area contributed by atoms with E-state index in [4.69, 9.17) is 0 Å². The standard InChI is InChI=1S/C21H21FN6.C2H6/c1-13-9-19(26-28-12-14(2)24-21(13)28)18-4-3-15-10-16(11-17(22)20(15)25-18)27-7-5-23-6-8-27;1-2/h3-4,9-12,23H,5-8H2,1-2H3;1-2H3. The lowest BCUT2D eigenvalue weighted by Crippen LogP contribution is -2.43. The van der Waals surface area contributed by atoms with E-state index in [1.54, 1.807) is 10.6 Å². The molecule has 4 heterocycles. The van der Waals surface area contributed by atoms with Crippen molar-refractivity contribution in [3.63, 3.8) is 0 Å². The molecule has 3 aromatic heterocycles. The Balaban J connectivity index is 0.00000106. The first-order chi connectivity index (χ1) is 14.6. The molecule has 4 aromatic rings. The maximum absolute atomic E-state index is 14.9. The predicted molar refractivity (Wildman–Crippen MR) is 120 cm³/mol. The number of anilines is 1. The van der Waals surface area contributed by atoms with E-state index < -0.39 is 0 Å². The van der Waals surface area contributed by atoms with E-state index in [2.05, 4.69) is 25.3 Å². The molecule has 0 saturated carbocycles. The van der Waals surface area contributed by atoms with Crippen LogP contribution in [-0.4, -0.2) is 45.8 Å². The largest absolute Gasteiger partial charge is 0.369 e. The maximum atomic E-state index is 14.9. The number of aryl methyl sites for hydroxylation is 2. The Labute approximate surface area is 175 Å². The highest BCUT2D eigenvalue weighted by atomic mass is 19.1. The van der Waals surface area contributed by atoms with Crippen LogP contribution in [0.5, 0.6) is 0 Å². The summed E-state index contributed by atoms with van der Waals surface area (Å²) in [6.45, 7) is 11.5. The Hall–Kier alpha value is -3.06. The quantitative estimate of drug-likeness (QED) is 0.542. The topological polar surface area (TPSA) is 58.4 Å². The van der Waals surface area contributed by atoms with Gasteiger partial charge in [0.25, 0.3) is 0 Å². The summed E-state index contributed by atoms with van der Waals surface area (Å²) in [5.41, 5.74) is 5.38. The number of fused-ring (bicyclic) bond motifs is 2. The molecule has 0 spiro atoms. The Kier molecular flexibility index (Phi) is 5.63. The van der Waals surface area contributed by atoms with E-state index in [0.717, 1.165) is 54.2 Å². The van der Waals surface area contributed by atoms with E-state index in [0.29, 0.717) is 16.9 Å². The molecule has 1 aromatic carbocycles. The van der Waals surface area contributed by atoms with Gasteiger partial charge < -0.3 is 10.2 Å². The second-order valence-corrected chi connectivity index (χ2v) is 7.30. The monoisotopic (exact) mass is 406 g/mol. The number of halogens is 1. The molecule has 0 aliphatic carbocycles. The Morgan fingerprint density at radius 3 is 2.50 bits per heavy atom. The fourth-order valence-electron chi connectivity index (χ4n) is 3.80. The second-order valence-electron chi connectivity index (χ2n) is 7.30. The summed E-state index contributed by atoms with van der Waals surface area (Å²) >= 11 is 0. The van der Waals surface area contributed by atoms with Crippen LogP contribution in [0.1, 0.15) is 25.1 Å². The van der Waals surface area contributed by atoms with Crippen LogP contribution in [0.2, 0.25) is 0 Å². The Bertz CT molecular complexity index is 1190. The second kappa shape index (κ2) is 8.36. The number of pyridine rings is 1. The number of imidazole rings is 1. The number of hydrogen-bond donors (Lipinski definition) is 1. The summed E-state index contributed by atoms with van der Waals surface area (Å²) in [6.07, 6.45) is 1.88. The van der Waals surface area contributed by atoms with Crippen molar-refractivity contribution >= 4 is 22.2 Å². The van der Waals surface area contributed by atoms with E-state index in [9.17, 15) is 4.39 Å². The van der Waals surface area contributed by atoms with Gasteiger partial charge in [0.2, 0.25) is 0 Å². The van der Waals surface area contributed by atoms with E-state index in [1.165, 1.54) is 0 Å². The minimum absolute atomic E-state index is 0.302. The molecule has 156 valence electrons.